The van der Waals surface area contributed by atoms with Crippen molar-refractivity contribution in [2.75, 3.05) is 25.1 Å². The van der Waals surface area contributed by atoms with E-state index in [0.29, 0.717) is 35.4 Å². The van der Waals surface area contributed by atoms with Gasteiger partial charge in [-0.1, -0.05) is 29.8 Å². The van der Waals surface area contributed by atoms with Crippen molar-refractivity contribution >= 4 is 23.2 Å². The zero-order valence-corrected chi connectivity index (χ0v) is 16.8. The van der Waals surface area contributed by atoms with Crippen molar-refractivity contribution < 1.29 is 19.0 Å². The van der Waals surface area contributed by atoms with Crippen LogP contribution in [0.1, 0.15) is 5.56 Å². The van der Waals surface area contributed by atoms with Crippen molar-refractivity contribution in [2.24, 2.45) is 0 Å². The summed E-state index contributed by atoms with van der Waals surface area (Å²) in [6.45, 7) is 2.67. The summed E-state index contributed by atoms with van der Waals surface area (Å²) in [5, 5.41) is 3.45. The number of hydrogen-bond acceptors (Lipinski definition) is 4. The number of ether oxygens (including phenoxy) is 3. The number of halogens is 1. The first kappa shape index (κ1) is 20.6. The highest BCUT2D eigenvalue weighted by Crippen LogP contribution is 2.21. The van der Waals surface area contributed by atoms with E-state index in [-0.39, 0.29) is 12.5 Å². The molecular weight excluding hydrogens is 390 g/mol. The number of anilines is 1. The molecule has 0 aliphatic carbocycles. The topological polar surface area (TPSA) is 56.8 Å². The number of para-hydroxylation sites is 1. The number of carbonyl (C=O) groups is 1. The molecule has 0 radical (unpaired) electrons. The predicted molar refractivity (Wildman–Crippen MR) is 114 cm³/mol. The Balaban J connectivity index is 1.39. The van der Waals surface area contributed by atoms with E-state index in [1.54, 1.807) is 42.5 Å². The minimum atomic E-state index is -0.248. The summed E-state index contributed by atoms with van der Waals surface area (Å²) in [7, 11) is 0. The van der Waals surface area contributed by atoms with Gasteiger partial charge in [-0.2, -0.15) is 0 Å². The maximum atomic E-state index is 12.1. The van der Waals surface area contributed by atoms with Crippen molar-refractivity contribution in [2.45, 2.75) is 6.92 Å². The monoisotopic (exact) mass is 411 g/mol. The molecule has 0 saturated carbocycles. The number of hydrogen-bond donors (Lipinski definition) is 1. The molecule has 0 unspecified atom stereocenters. The van der Waals surface area contributed by atoms with Gasteiger partial charge in [0.15, 0.2) is 6.61 Å². The number of benzene rings is 3. The molecule has 0 spiro atoms. The lowest BCUT2D eigenvalue weighted by Crippen LogP contribution is -2.20. The molecule has 5 nitrogen and oxygen atoms in total. The number of amides is 1. The van der Waals surface area contributed by atoms with Gasteiger partial charge in [-0.3, -0.25) is 4.79 Å². The fraction of sp³-hybridized carbons (Fsp3) is 0.174. The standard InChI is InChI=1S/C23H22ClNO4/c1-17-15-21(11-12-22(17)24)29-16-23(26)25-18-7-9-20(10-8-18)28-14-13-27-19-5-3-2-4-6-19/h2-12,15H,13-14,16H2,1H3,(H,25,26). The Morgan fingerprint density at radius 1 is 0.828 bits per heavy atom. The summed E-state index contributed by atoms with van der Waals surface area (Å²) in [5.41, 5.74) is 1.56. The number of rotatable bonds is 9. The molecule has 29 heavy (non-hydrogen) atoms. The van der Waals surface area contributed by atoms with Crippen LogP contribution < -0.4 is 19.5 Å². The van der Waals surface area contributed by atoms with Gasteiger partial charge in [-0.25, -0.2) is 0 Å². The number of aryl methyl sites for hydroxylation is 1. The van der Waals surface area contributed by atoms with Gasteiger partial charge in [0.25, 0.3) is 5.91 Å². The van der Waals surface area contributed by atoms with Crippen molar-refractivity contribution in [1.29, 1.82) is 0 Å². The van der Waals surface area contributed by atoms with Gasteiger partial charge in [0.1, 0.15) is 30.5 Å². The van der Waals surface area contributed by atoms with Crippen LogP contribution in [0.5, 0.6) is 17.2 Å². The smallest absolute Gasteiger partial charge is 0.262 e. The van der Waals surface area contributed by atoms with Crippen LogP contribution in [0.15, 0.2) is 72.8 Å². The normalized spacial score (nSPS) is 10.3. The van der Waals surface area contributed by atoms with Crippen LogP contribution in [0.2, 0.25) is 5.02 Å². The van der Waals surface area contributed by atoms with Crippen molar-refractivity contribution in [1.82, 2.24) is 0 Å². The van der Waals surface area contributed by atoms with Gasteiger partial charge in [0.05, 0.1) is 0 Å². The summed E-state index contributed by atoms with van der Waals surface area (Å²) >= 11 is 5.98. The predicted octanol–water partition coefficient (Wildman–Crippen LogP) is 5.12. The maximum absolute atomic E-state index is 12.1. The van der Waals surface area contributed by atoms with Gasteiger partial charge in [0, 0.05) is 10.7 Å². The van der Waals surface area contributed by atoms with Crippen LogP contribution in [0.3, 0.4) is 0 Å². The average Bonchev–Trinajstić information content (AvgIpc) is 2.74. The minimum absolute atomic E-state index is 0.0872. The summed E-state index contributed by atoms with van der Waals surface area (Å²) in [4.78, 5) is 12.1. The molecular formula is C23H22ClNO4. The minimum Gasteiger partial charge on any atom is -0.490 e. The van der Waals surface area contributed by atoms with Gasteiger partial charge >= 0.3 is 0 Å². The SMILES string of the molecule is Cc1cc(OCC(=O)Nc2ccc(OCCOc3ccccc3)cc2)ccc1Cl. The van der Waals surface area contributed by atoms with Crippen LogP contribution in [-0.2, 0) is 4.79 Å². The van der Waals surface area contributed by atoms with E-state index >= 15 is 0 Å². The third-order valence-electron chi connectivity index (χ3n) is 4.00. The molecule has 1 amide bonds. The van der Waals surface area contributed by atoms with Crippen molar-refractivity contribution in [3.05, 3.63) is 83.4 Å². The van der Waals surface area contributed by atoms with E-state index in [0.717, 1.165) is 11.3 Å². The quantitative estimate of drug-likeness (QED) is 0.496. The Bertz CT molecular complexity index is 929. The Morgan fingerprint density at radius 3 is 2.10 bits per heavy atom. The van der Waals surface area contributed by atoms with Crippen LogP contribution >= 0.6 is 11.6 Å². The van der Waals surface area contributed by atoms with Gasteiger partial charge in [-0.15, -0.1) is 0 Å². The lowest BCUT2D eigenvalue weighted by Gasteiger charge is -2.10. The first-order valence-corrected chi connectivity index (χ1v) is 9.57. The second kappa shape index (κ2) is 10.4. The molecule has 0 bridgehead atoms. The summed E-state index contributed by atoms with van der Waals surface area (Å²) in [6.07, 6.45) is 0. The molecule has 0 atom stereocenters. The average molecular weight is 412 g/mol. The molecule has 3 aromatic carbocycles. The van der Waals surface area contributed by atoms with E-state index in [4.69, 9.17) is 25.8 Å². The fourth-order valence-corrected chi connectivity index (χ4v) is 2.64. The van der Waals surface area contributed by atoms with E-state index in [2.05, 4.69) is 5.32 Å². The third kappa shape index (κ3) is 6.73. The van der Waals surface area contributed by atoms with Gasteiger partial charge in [0.2, 0.25) is 0 Å². The van der Waals surface area contributed by atoms with Crippen LogP contribution in [-0.4, -0.2) is 25.7 Å². The molecule has 0 aliphatic heterocycles. The van der Waals surface area contributed by atoms with E-state index in [1.807, 2.05) is 37.3 Å². The molecule has 0 aromatic heterocycles. The first-order chi connectivity index (χ1) is 14.1. The molecule has 3 rings (SSSR count). The largest absolute Gasteiger partial charge is 0.490 e. The molecule has 0 heterocycles. The fourth-order valence-electron chi connectivity index (χ4n) is 2.52. The maximum Gasteiger partial charge on any atom is 0.262 e. The molecule has 3 aromatic rings. The van der Waals surface area contributed by atoms with Gasteiger partial charge < -0.3 is 19.5 Å². The summed E-state index contributed by atoms with van der Waals surface area (Å²) < 4.78 is 16.7. The summed E-state index contributed by atoms with van der Waals surface area (Å²) in [5.74, 6) is 1.86. The van der Waals surface area contributed by atoms with E-state index in [1.165, 1.54) is 0 Å². The van der Waals surface area contributed by atoms with Gasteiger partial charge in [-0.05, 0) is 67.1 Å². The van der Waals surface area contributed by atoms with E-state index in [9.17, 15) is 4.79 Å². The van der Waals surface area contributed by atoms with Crippen LogP contribution in [0.25, 0.3) is 0 Å². The van der Waals surface area contributed by atoms with Crippen molar-refractivity contribution in [3.63, 3.8) is 0 Å². The highest BCUT2D eigenvalue weighted by atomic mass is 35.5. The molecule has 0 saturated heterocycles. The second-order valence-electron chi connectivity index (χ2n) is 6.28. The molecule has 150 valence electrons. The lowest BCUT2D eigenvalue weighted by atomic mass is 10.2. The third-order valence-corrected chi connectivity index (χ3v) is 4.43. The zero-order valence-electron chi connectivity index (χ0n) is 16.1. The highest BCUT2D eigenvalue weighted by molar-refractivity contribution is 6.31. The highest BCUT2D eigenvalue weighted by Gasteiger charge is 2.05. The van der Waals surface area contributed by atoms with Crippen LogP contribution in [0, 0.1) is 6.92 Å². The van der Waals surface area contributed by atoms with Crippen molar-refractivity contribution in [3.8, 4) is 17.2 Å². The molecule has 0 aliphatic rings. The number of carbonyl (C=O) groups excluding carboxylic acids is 1. The Labute approximate surface area is 175 Å². The Hall–Kier alpha value is -3.18. The van der Waals surface area contributed by atoms with E-state index < -0.39 is 0 Å². The molecule has 6 heteroatoms. The number of nitrogens with one attached hydrogen (secondary N) is 1. The Morgan fingerprint density at radius 2 is 1.45 bits per heavy atom. The Kier molecular flexibility index (Phi) is 7.36. The summed E-state index contributed by atoms with van der Waals surface area (Å²) in [6, 6.07) is 22.0. The lowest BCUT2D eigenvalue weighted by molar-refractivity contribution is -0.118. The molecule has 1 N–H and O–H groups in total. The van der Waals surface area contributed by atoms with Crippen LogP contribution in [0.4, 0.5) is 5.69 Å². The first-order valence-electron chi connectivity index (χ1n) is 9.20. The molecule has 0 fully saturated rings. The zero-order chi connectivity index (χ0) is 20.5. The second-order valence-corrected chi connectivity index (χ2v) is 6.69.